The van der Waals surface area contributed by atoms with Crippen molar-refractivity contribution in [2.75, 3.05) is 24.6 Å². The number of carbonyl (C=O) groups excluding carboxylic acids is 1. The van der Waals surface area contributed by atoms with Crippen LogP contribution in [0.5, 0.6) is 0 Å². The fourth-order valence-electron chi connectivity index (χ4n) is 4.23. The predicted molar refractivity (Wildman–Crippen MR) is 129 cm³/mol. The Morgan fingerprint density at radius 2 is 1.89 bits per heavy atom. The average Bonchev–Trinajstić information content (AvgIpc) is 2.90. The zero-order valence-corrected chi connectivity index (χ0v) is 20.5. The van der Waals surface area contributed by atoms with E-state index in [1.54, 1.807) is 18.7 Å². The normalized spacial score (nSPS) is 13.0. The summed E-state index contributed by atoms with van der Waals surface area (Å²) in [6, 6.07) is 9.83. The molecule has 0 bridgehead atoms. The molecule has 2 aromatic carbocycles. The highest BCUT2D eigenvalue weighted by Crippen LogP contribution is 2.32. The number of amides is 1. The third-order valence-electron chi connectivity index (χ3n) is 6.11. The molecule has 4 rings (SSSR count). The minimum absolute atomic E-state index is 0.0768. The lowest BCUT2D eigenvalue weighted by molar-refractivity contribution is -0.137. The molecular weight excluding hydrogens is 506 g/mol. The quantitative estimate of drug-likeness (QED) is 0.447. The number of alkyl halides is 3. The summed E-state index contributed by atoms with van der Waals surface area (Å²) in [5.74, 6) is -1.38. The molecule has 0 atom stereocenters. The predicted octanol–water partition coefficient (Wildman–Crippen LogP) is 4.08. The number of fused-ring (bicyclic) bond motifs is 1. The molecule has 8 nitrogen and oxygen atoms in total. The molecule has 38 heavy (non-hydrogen) atoms. The Bertz CT molecular complexity index is 1460. The van der Waals surface area contributed by atoms with Gasteiger partial charge in [0.15, 0.2) is 0 Å². The van der Waals surface area contributed by atoms with E-state index >= 15 is 0 Å². The lowest BCUT2D eigenvalue weighted by Gasteiger charge is -2.31. The zero-order chi connectivity index (χ0) is 27.6. The molecule has 1 aromatic heterocycles. The van der Waals surface area contributed by atoms with Crippen molar-refractivity contribution in [2.45, 2.75) is 33.0 Å². The Morgan fingerprint density at radius 3 is 2.47 bits per heavy atom. The van der Waals surface area contributed by atoms with E-state index in [1.807, 2.05) is 6.07 Å². The summed E-state index contributed by atoms with van der Waals surface area (Å²) in [5, 5.41) is 8.93. The second-order valence-electron chi connectivity index (χ2n) is 8.43. The van der Waals surface area contributed by atoms with Crippen LogP contribution in [0.2, 0.25) is 0 Å². The van der Waals surface area contributed by atoms with Gasteiger partial charge in [-0.1, -0.05) is 0 Å². The third kappa shape index (κ3) is 5.04. The minimum atomic E-state index is -4.49. The lowest BCUT2D eigenvalue weighted by Crippen LogP contribution is -2.44. The lowest BCUT2D eigenvalue weighted by atomic mass is 10.0. The van der Waals surface area contributed by atoms with Gasteiger partial charge in [0.05, 0.1) is 40.6 Å². The fraction of sp³-hybridized carbons (Fsp3) is 0.308. The van der Waals surface area contributed by atoms with Crippen LogP contribution in [-0.2, 0) is 19.1 Å². The van der Waals surface area contributed by atoms with E-state index in [2.05, 4.69) is 4.98 Å². The molecule has 2 heterocycles. The number of rotatable bonds is 6. The maximum atomic E-state index is 14.4. The molecule has 1 aliphatic rings. The van der Waals surface area contributed by atoms with Gasteiger partial charge >= 0.3 is 6.18 Å². The molecule has 0 aliphatic carbocycles. The highest BCUT2D eigenvalue weighted by Gasteiger charge is 2.32. The molecule has 1 aliphatic heterocycles. The molecule has 12 heteroatoms. The van der Waals surface area contributed by atoms with Crippen LogP contribution in [-0.4, -0.2) is 40.2 Å². The Labute approximate surface area is 215 Å². The van der Waals surface area contributed by atoms with E-state index in [4.69, 9.17) is 10.1 Å². The van der Waals surface area contributed by atoms with Gasteiger partial charge in [0, 0.05) is 25.2 Å². The molecule has 0 unspecified atom stereocenters. The molecule has 0 saturated carbocycles. The van der Waals surface area contributed by atoms with Crippen LogP contribution in [0.3, 0.4) is 0 Å². The summed E-state index contributed by atoms with van der Waals surface area (Å²) >= 11 is 0. The summed E-state index contributed by atoms with van der Waals surface area (Å²) in [7, 11) is 0. The highest BCUT2D eigenvalue weighted by molar-refractivity contribution is 5.94. The number of hydrogen-bond acceptors (Lipinski definition) is 6. The summed E-state index contributed by atoms with van der Waals surface area (Å²) < 4.78 is 54.5. The monoisotopic (exact) mass is 529 g/mol. The number of aromatic nitrogens is 2. The average molecular weight is 529 g/mol. The number of anilines is 2. The number of halogens is 4. The van der Waals surface area contributed by atoms with Crippen LogP contribution in [0, 0.1) is 17.1 Å². The van der Waals surface area contributed by atoms with Crippen molar-refractivity contribution in [1.29, 1.82) is 5.26 Å². The summed E-state index contributed by atoms with van der Waals surface area (Å²) in [4.78, 5) is 39.6. The summed E-state index contributed by atoms with van der Waals surface area (Å²) in [5.41, 5.74) is -0.536. The first-order chi connectivity index (χ1) is 18.1. The number of nitrogens with zero attached hydrogens (tertiary/aromatic N) is 5. The molecule has 1 amide bonds. The molecule has 0 spiro atoms. The van der Waals surface area contributed by atoms with Crippen molar-refractivity contribution in [3.63, 3.8) is 0 Å². The Hall–Kier alpha value is -4.40. The maximum Gasteiger partial charge on any atom is 0.416 e. The van der Waals surface area contributed by atoms with Crippen molar-refractivity contribution in [3.05, 3.63) is 86.6 Å². The second kappa shape index (κ2) is 10.5. The molecule has 3 aromatic rings. The topological polar surface area (TPSA) is 91.5 Å². The van der Waals surface area contributed by atoms with Gasteiger partial charge in [0.1, 0.15) is 12.4 Å². The van der Waals surface area contributed by atoms with Crippen LogP contribution in [0.25, 0.3) is 0 Å². The van der Waals surface area contributed by atoms with Crippen molar-refractivity contribution >= 4 is 17.5 Å². The largest absolute Gasteiger partial charge is 0.416 e. The van der Waals surface area contributed by atoms with Gasteiger partial charge in [-0.05, 0) is 56.3 Å². The van der Waals surface area contributed by atoms with Gasteiger partial charge in [-0.2, -0.15) is 18.4 Å². The molecule has 0 saturated heterocycles. The first-order valence-corrected chi connectivity index (χ1v) is 11.8. The first kappa shape index (κ1) is 26.7. The van der Waals surface area contributed by atoms with Crippen LogP contribution in [0.15, 0.2) is 47.3 Å². The van der Waals surface area contributed by atoms with Gasteiger partial charge in [-0.3, -0.25) is 9.59 Å². The zero-order valence-electron chi connectivity index (χ0n) is 20.5. The van der Waals surface area contributed by atoms with Gasteiger partial charge in [-0.25, -0.2) is 9.37 Å². The highest BCUT2D eigenvalue weighted by atomic mass is 19.4. The molecular formula is C26H23F4N5O3. The van der Waals surface area contributed by atoms with Crippen LogP contribution >= 0.6 is 0 Å². The van der Waals surface area contributed by atoms with Crippen LogP contribution in [0.4, 0.5) is 29.2 Å². The summed E-state index contributed by atoms with van der Waals surface area (Å²) in [6.45, 7) is 3.80. The van der Waals surface area contributed by atoms with E-state index < -0.39 is 29.0 Å². The van der Waals surface area contributed by atoms with Crippen LogP contribution in [0.1, 0.15) is 46.6 Å². The van der Waals surface area contributed by atoms with E-state index in [-0.39, 0.29) is 55.3 Å². The Kier molecular flexibility index (Phi) is 7.39. The minimum Gasteiger partial charge on any atom is -0.408 e. The van der Waals surface area contributed by atoms with Crippen molar-refractivity contribution in [2.24, 2.45) is 0 Å². The van der Waals surface area contributed by atoms with E-state index in [1.165, 1.54) is 29.2 Å². The van der Waals surface area contributed by atoms with Gasteiger partial charge in [-0.15, -0.1) is 4.73 Å². The molecule has 0 radical (unpaired) electrons. The Balaban J connectivity index is 1.70. The van der Waals surface area contributed by atoms with Gasteiger partial charge in [0.2, 0.25) is 5.95 Å². The number of benzene rings is 2. The van der Waals surface area contributed by atoms with Crippen molar-refractivity contribution in [1.82, 2.24) is 14.6 Å². The van der Waals surface area contributed by atoms with Crippen molar-refractivity contribution in [3.8, 4) is 6.07 Å². The van der Waals surface area contributed by atoms with Gasteiger partial charge in [0.25, 0.3) is 11.5 Å². The summed E-state index contributed by atoms with van der Waals surface area (Å²) in [6.07, 6.45) is -4.30. The Morgan fingerprint density at radius 1 is 1.18 bits per heavy atom. The van der Waals surface area contributed by atoms with E-state index in [0.29, 0.717) is 11.4 Å². The standard InChI is InChI=1S/C26H23F4N5O3/c1-3-34(18-8-6-17(7-9-18)26(28,29)30)25-32-22-11-12-33(15-20(22)24(37)35(25)38-4-2)23(36)19-10-5-16(14-31)13-21(19)27/h5-10,13H,3-4,11-12,15H2,1-2H3. The number of hydrogen-bond donors (Lipinski definition) is 0. The molecule has 198 valence electrons. The van der Waals surface area contributed by atoms with E-state index in [0.717, 1.165) is 22.9 Å². The molecule has 0 fully saturated rings. The SMILES string of the molecule is CCOn1c(N(CC)c2ccc(C(F)(F)F)cc2)nc2c(c1=O)CN(C(=O)c1ccc(C#N)cc1F)CC2. The number of nitriles is 1. The van der Waals surface area contributed by atoms with E-state index in [9.17, 15) is 27.2 Å². The second-order valence-corrected chi connectivity index (χ2v) is 8.43. The maximum absolute atomic E-state index is 14.4. The molecule has 0 N–H and O–H groups in total. The van der Waals surface area contributed by atoms with Gasteiger partial charge < -0.3 is 14.6 Å². The third-order valence-corrected chi connectivity index (χ3v) is 6.11. The van der Waals surface area contributed by atoms with Crippen molar-refractivity contribution < 1.29 is 27.2 Å². The number of carbonyl (C=O) groups is 1. The first-order valence-electron chi connectivity index (χ1n) is 11.8. The fourth-order valence-corrected chi connectivity index (χ4v) is 4.23. The smallest absolute Gasteiger partial charge is 0.408 e. The van der Waals surface area contributed by atoms with Crippen LogP contribution < -0.4 is 15.3 Å².